The Morgan fingerprint density at radius 3 is 1.31 bits per heavy atom. The minimum Gasteiger partial charge on any atom is -0.494 e. The van der Waals surface area contributed by atoms with Crippen molar-refractivity contribution in [3.8, 4) is 5.75 Å². The van der Waals surface area contributed by atoms with Gasteiger partial charge in [-0.2, -0.15) is 21.6 Å². The molecule has 0 atom stereocenters. The van der Waals surface area contributed by atoms with E-state index in [1.165, 1.54) is 20.7 Å². The average Bonchev–Trinajstić information content (AvgIpc) is 2.91. The van der Waals surface area contributed by atoms with E-state index in [1.807, 2.05) is 0 Å². The first-order chi connectivity index (χ1) is 18.6. The Balaban J connectivity index is 0.000000223. The maximum Gasteiger partial charge on any atom is 0.522 e. The van der Waals surface area contributed by atoms with Crippen molar-refractivity contribution in [3.05, 3.63) is 130 Å². The molecule has 0 amide bonds. The van der Waals surface area contributed by atoms with Crippen molar-refractivity contribution in [1.82, 2.24) is 0 Å². The summed E-state index contributed by atoms with van der Waals surface area (Å²) in [6, 6.07) is 40.7. The number of alkyl halides is 3. The molecule has 4 aromatic carbocycles. The van der Waals surface area contributed by atoms with Crippen molar-refractivity contribution >= 4 is 10.1 Å². The summed E-state index contributed by atoms with van der Waals surface area (Å²) >= 11 is -0.0278. The number of hydrogen-bond acceptors (Lipinski definition) is 3. The van der Waals surface area contributed by atoms with Crippen LogP contribution in [0, 0.1) is 14.3 Å². The molecular formula is C29H29F3I2O4S+2. The van der Waals surface area contributed by atoms with E-state index in [0.29, 0.717) is 0 Å². The lowest BCUT2D eigenvalue weighted by molar-refractivity contribution is -0.597. The van der Waals surface area contributed by atoms with E-state index in [9.17, 15) is 13.2 Å². The molecule has 4 rings (SSSR count). The van der Waals surface area contributed by atoms with Gasteiger partial charge in [0.2, 0.25) is 0 Å². The summed E-state index contributed by atoms with van der Waals surface area (Å²) in [5.41, 5.74) is -5.53. The Morgan fingerprint density at radius 2 is 1.00 bits per heavy atom. The van der Waals surface area contributed by atoms with Gasteiger partial charge in [0.25, 0.3) is 0 Å². The Hall–Kier alpha value is -2.16. The van der Waals surface area contributed by atoms with Gasteiger partial charge in [-0.15, -0.1) is 0 Å². The van der Waals surface area contributed by atoms with Gasteiger partial charge in [-0.25, -0.2) is 0 Å². The lowest BCUT2D eigenvalue weighted by Crippen LogP contribution is -3.61. The molecule has 208 valence electrons. The van der Waals surface area contributed by atoms with E-state index in [1.54, 1.807) is 0 Å². The zero-order valence-electron chi connectivity index (χ0n) is 21.1. The van der Waals surface area contributed by atoms with E-state index in [4.69, 9.17) is 17.7 Å². The van der Waals surface area contributed by atoms with E-state index >= 15 is 0 Å². The molecule has 0 aliphatic heterocycles. The van der Waals surface area contributed by atoms with Gasteiger partial charge in [-0.05, 0) is 67.1 Å². The van der Waals surface area contributed by atoms with E-state index in [0.717, 1.165) is 18.8 Å². The molecule has 1 N–H and O–H groups in total. The predicted octanol–water partition coefficient (Wildman–Crippen LogP) is 1.20. The normalized spacial score (nSPS) is 10.9. The fraction of sp³-hybridized carbons (Fsp3) is 0.172. The molecule has 0 fully saturated rings. The summed E-state index contributed by atoms with van der Waals surface area (Å²) in [7, 11) is -5.84. The topological polar surface area (TPSA) is 63.6 Å². The van der Waals surface area contributed by atoms with Crippen molar-refractivity contribution in [1.29, 1.82) is 0 Å². The third-order valence-corrected chi connectivity index (χ3v) is 10.5. The minimum atomic E-state index is -5.84. The first-order valence-corrected chi connectivity index (χ1v) is 17.6. The molecule has 0 radical (unpaired) electrons. The second-order valence-corrected chi connectivity index (χ2v) is 15.1. The summed E-state index contributed by atoms with van der Waals surface area (Å²) in [6.07, 6.45) is 2.30. The van der Waals surface area contributed by atoms with Gasteiger partial charge in [0, 0.05) is 0 Å². The Labute approximate surface area is 248 Å². The highest BCUT2D eigenvalue weighted by Crippen LogP contribution is 2.20. The van der Waals surface area contributed by atoms with Gasteiger partial charge in [0.05, 0.1) is 6.61 Å². The highest BCUT2D eigenvalue weighted by atomic mass is 127. The molecule has 4 aromatic rings. The zero-order valence-corrected chi connectivity index (χ0v) is 26.2. The minimum absolute atomic E-state index is 0.0287. The third-order valence-electron chi connectivity index (χ3n) is 4.51. The van der Waals surface area contributed by atoms with Crippen LogP contribution in [-0.4, -0.2) is 25.1 Å². The van der Waals surface area contributed by atoms with Crippen molar-refractivity contribution in [2.24, 2.45) is 0 Å². The van der Waals surface area contributed by atoms with Gasteiger partial charge in [0.1, 0.15) is 5.75 Å². The van der Waals surface area contributed by atoms with Crippen LogP contribution in [-0.2, 0) is 10.1 Å². The van der Waals surface area contributed by atoms with Crippen LogP contribution in [0.2, 0.25) is 0 Å². The third kappa shape index (κ3) is 14.2. The van der Waals surface area contributed by atoms with E-state index in [-0.39, 0.29) is 42.4 Å². The fourth-order valence-electron chi connectivity index (χ4n) is 2.61. The maximum atomic E-state index is 10.7. The number of unbranched alkanes of at least 4 members (excludes halogenated alkanes) is 1. The molecule has 0 heterocycles. The molecule has 0 saturated carbocycles. The quantitative estimate of drug-likeness (QED) is 0.127. The average molecular weight is 784 g/mol. The summed E-state index contributed by atoms with van der Waals surface area (Å²) in [6.45, 7) is 3.00. The van der Waals surface area contributed by atoms with Gasteiger partial charge >= 0.3 is 58.0 Å². The van der Waals surface area contributed by atoms with Gasteiger partial charge in [-0.1, -0.05) is 67.9 Å². The van der Waals surface area contributed by atoms with Crippen LogP contribution in [0.25, 0.3) is 0 Å². The van der Waals surface area contributed by atoms with Crippen LogP contribution < -0.4 is 47.1 Å². The first-order valence-electron chi connectivity index (χ1n) is 11.8. The number of halogens is 5. The lowest BCUT2D eigenvalue weighted by Gasteiger charge is -2.03. The lowest BCUT2D eigenvalue weighted by atomic mass is 10.3. The highest BCUT2D eigenvalue weighted by molar-refractivity contribution is 7.86. The number of ether oxygens (including phenoxy) is 1. The van der Waals surface area contributed by atoms with Crippen molar-refractivity contribution in [2.45, 2.75) is 25.3 Å². The van der Waals surface area contributed by atoms with Crippen LogP contribution in [0.3, 0.4) is 0 Å². The molecular weight excluding hydrogens is 755 g/mol. The van der Waals surface area contributed by atoms with E-state index in [2.05, 4.69) is 122 Å². The van der Waals surface area contributed by atoms with Gasteiger partial charge < -0.3 is 4.74 Å². The highest BCUT2D eigenvalue weighted by Gasteiger charge is 2.44. The van der Waals surface area contributed by atoms with Gasteiger partial charge in [0.15, 0.2) is 14.3 Å². The molecule has 0 aliphatic carbocycles. The smallest absolute Gasteiger partial charge is 0.494 e. The number of benzene rings is 4. The number of rotatable bonds is 8. The monoisotopic (exact) mass is 784 g/mol. The molecule has 0 aromatic heterocycles. The SMILES string of the molecule is CCCCOc1ccc([I+]c2ccccc2)cc1.O=S(=O)(O)C(F)(F)F.c1ccc([I+]c2ccccc2)cc1. The predicted molar refractivity (Wildman–Crippen MR) is 139 cm³/mol. The molecule has 10 heteroatoms. The largest absolute Gasteiger partial charge is 0.522 e. The first kappa shape index (κ1) is 33.0. The summed E-state index contributed by atoms with van der Waals surface area (Å²) in [5.74, 6) is 0.990. The second kappa shape index (κ2) is 17.5. The molecule has 0 saturated heterocycles. The number of hydrogen-bond donors (Lipinski definition) is 1. The van der Waals surface area contributed by atoms with Crippen molar-refractivity contribution in [2.75, 3.05) is 6.61 Å². The van der Waals surface area contributed by atoms with Crippen LogP contribution in [0.15, 0.2) is 115 Å². The summed E-state index contributed by atoms with van der Waals surface area (Å²) in [5, 5.41) is 0. The molecule has 0 unspecified atom stereocenters. The fourth-order valence-corrected chi connectivity index (χ4v) is 7.10. The van der Waals surface area contributed by atoms with Crippen molar-refractivity contribution < 1.29 is 73.3 Å². The Bertz CT molecular complexity index is 1270. The molecule has 4 nitrogen and oxygen atoms in total. The molecule has 39 heavy (non-hydrogen) atoms. The van der Waals surface area contributed by atoms with Gasteiger partial charge in [-0.3, -0.25) is 4.55 Å². The van der Waals surface area contributed by atoms with Crippen LogP contribution >= 0.6 is 0 Å². The molecule has 0 spiro atoms. The molecule has 0 aliphatic rings. The Kier molecular flexibility index (Phi) is 14.8. The van der Waals surface area contributed by atoms with Crippen molar-refractivity contribution in [3.63, 3.8) is 0 Å². The molecule has 0 bridgehead atoms. The maximum absolute atomic E-state index is 10.7. The zero-order chi connectivity index (χ0) is 28.6. The standard InChI is InChI=1S/C16H18IO.C12H10I.CHF3O3S/c1-2-3-13-18-16-11-9-15(10-12-16)17-14-7-5-4-6-8-14;1-3-7-11(8-4-1)13-12-9-5-2-6-10-12;2-1(3,4)8(5,6)7/h4-12H,2-3,13H2,1H3;1-10H;(H,5,6,7)/q2*+1;. The van der Waals surface area contributed by atoms with Crippen LogP contribution in [0.1, 0.15) is 19.8 Å². The summed E-state index contributed by atoms with van der Waals surface area (Å²) < 4.78 is 69.1. The van der Waals surface area contributed by atoms with Crippen LogP contribution in [0.5, 0.6) is 5.75 Å². The Morgan fingerprint density at radius 1 is 0.667 bits per heavy atom. The second-order valence-electron chi connectivity index (χ2n) is 7.65. The van der Waals surface area contributed by atoms with Crippen LogP contribution in [0.4, 0.5) is 13.2 Å². The van der Waals surface area contributed by atoms with E-state index < -0.39 is 15.6 Å². The summed E-state index contributed by atoms with van der Waals surface area (Å²) in [4.78, 5) is 0.